The van der Waals surface area contributed by atoms with E-state index < -0.39 is 0 Å². The number of hydrogen-bond donors (Lipinski definition) is 1. The molecule has 0 unspecified atom stereocenters. The van der Waals surface area contributed by atoms with E-state index in [1.54, 1.807) is 25.3 Å². The smallest absolute Gasteiger partial charge is 0.254 e. The van der Waals surface area contributed by atoms with Crippen LogP contribution in [0.4, 0.5) is 5.69 Å². The first-order chi connectivity index (χ1) is 14.9. The number of ether oxygens (including phenoxy) is 2. The third kappa shape index (κ3) is 5.55. The Labute approximate surface area is 183 Å². The van der Waals surface area contributed by atoms with Gasteiger partial charge in [0.2, 0.25) is 5.91 Å². The minimum absolute atomic E-state index is 0.0336. The van der Waals surface area contributed by atoms with Crippen LogP contribution in [0.1, 0.15) is 28.4 Å². The monoisotopic (exact) mass is 425 g/mol. The molecule has 2 aromatic rings. The standard InChI is InChI=1S/C24H31N3O4/c1-5-31-21-15-19(9-10-20(21)30-4)24(29)27-13-11-26(12-14-27)16-22(28)25-23-17(2)7-6-8-18(23)3/h6-10,15H,5,11-14,16H2,1-4H3,(H,25,28). The van der Waals surface area contributed by atoms with Crippen molar-refractivity contribution >= 4 is 17.5 Å². The SMILES string of the molecule is CCOc1cc(C(=O)N2CCN(CC(=O)Nc3c(C)cccc3C)CC2)ccc1OC. The Morgan fingerprint density at radius 3 is 2.29 bits per heavy atom. The molecule has 0 spiro atoms. The summed E-state index contributed by atoms with van der Waals surface area (Å²) in [4.78, 5) is 29.3. The molecule has 3 rings (SSSR count). The van der Waals surface area contributed by atoms with Crippen LogP contribution in [0.5, 0.6) is 11.5 Å². The summed E-state index contributed by atoms with van der Waals surface area (Å²) in [7, 11) is 1.58. The second kappa shape index (κ2) is 10.3. The van der Waals surface area contributed by atoms with Gasteiger partial charge in [-0.15, -0.1) is 0 Å². The first-order valence-corrected chi connectivity index (χ1v) is 10.6. The normalized spacial score (nSPS) is 14.3. The maximum absolute atomic E-state index is 12.9. The number of piperazine rings is 1. The van der Waals surface area contributed by atoms with Gasteiger partial charge in [0.1, 0.15) is 0 Å². The minimum Gasteiger partial charge on any atom is -0.493 e. The van der Waals surface area contributed by atoms with Crippen LogP contribution >= 0.6 is 0 Å². The fraction of sp³-hybridized carbons (Fsp3) is 0.417. The van der Waals surface area contributed by atoms with Crippen molar-refractivity contribution in [1.82, 2.24) is 9.80 Å². The van der Waals surface area contributed by atoms with E-state index in [2.05, 4.69) is 10.2 Å². The molecule has 7 heteroatoms. The summed E-state index contributed by atoms with van der Waals surface area (Å²) in [5.41, 5.74) is 3.56. The highest BCUT2D eigenvalue weighted by atomic mass is 16.5. The number of nitrogens with zero attached hydrogens (tertiary/aromatic N) is 2. The number of methoxy groups -OCH3 is 1. The van der Waals surface area contributed by atoms with Crippen molar-refractivity contribution in [1.29, 1.82) is 0 Å². The predicted octanol–water partition coefficient (Wildman–Crippen LogP) is 3.11. The van der Waals surface area contributed by atoms with Crippen molar-refractivity contribution in [2.45, 2.75) is 20.8 Å². The van der Waals surface area contributed by atoms with Gasteiger partial charge in [0.05, 0.1) is 20.3 Å². The van der Waals surface area contributed by atoms with Gasteiger partial charge < -0.3 is 19.7 Å². The van der Waals surface area contributed by atoms with E-state index in [1.165, 1.54) is 0 Å². The number of aryl methyl sites for hydroxylation is 2. The highest BCUT2D eigenvalue weighted by Crippen LogP contribution is 2.28. The van der Waals surface area contributed by atoms with Gasteiger partial charge in [-0.2, -0.15) is 0 Å². The van der Waals surface area contributed by atoms with Crippen LogP contribution in [0.3, 0.4) is 0 Å². The Kier molecular flexibility index (Phi) is 7.52. The van der Waals surface area contributed by atoms with E-state index in [4.69, 9.17) is 9.47 Å². The third-order valence-electron chi connectivity index (χ3n) is 5.48. The van der Waals surface area contributed by atoms with Gasteiger partial charge in [-0.05, 0) is 50.1 Å². The maximum atomic E-state index is 12.9. The quantitative estimate of drug-likeness (QED) is 0.738. The number of benzene rings is 2. The van der Waals surface area contributed by atoms with Crippen LogP contribution in [-0.4, -0.2) is 68.1 Å². The lowest BCUT2D eigenvalue weighted by atomic mass is 10.1. The Balaban J connectivity index is 1.55. The summed E-state index contributed by atoms with van der Waals surface area (Å²) < 4.78 is 10.9. The summed E-state index contributed by atoms with van der Waals surface area (Å²) in [6.07, 6.45) is 0. The fourth-order valence-corrected chi connectivity index (χ4v) is 3.76. The second-order valence-electron chi connectivity index (χ2n) is 7.68. The van der Waals surface area contributed by atoms with Gasteiger partial charge in [0, 0.05) is 37.4 Å². The summed E-state index contributed by atoms with van der Waals surface area (Å²) in [5, 5.41) is 3.03. The van der Waals surface area contributed by atoms with Gasteiger partial charge >= 0.3 is 0 Å². The first kappa shape index (κ1) is 22.6. The molecule has 31 heavy (non-hydrogen) atoms. The molecule has 0 aromatic heterocycles. The topological polar surface area (TPSA) is 71.1 Å². The third-order valence-corrected chi connectivity index (χ3v) is 5.48. The molecule has 0 radical (unpaired) electrons. The van der Waals surface area contributed by atoms with Crippen molar-refractivity contribution in [3.05, 3.63) is 53.1 Å². The molecule has 1 heterocycles. The number of rotatable bonds is 7. The average molecular weight is 426 g/mol. The van der Waals surface area contributed by atoms with Crippen LogP contribution in [0.25, 0.3) is 0 Å². The van der Waals surface area contributed by atoms with E-state index in [9.17, 15) is 9.59 Å². The molecule has 1 aliphatic rings. The van der Waals surface area contributed by atoms with Gasteiger partial charge in [-0.25, -0.2) is 0 Å². The zero-order valence-electron chi connectivity index (χ0n) is 18.7. The van der Waals surface area contributed by atoms with Crippen LogP contribution < -0.4 is 14.8 Å². The van der Waals surface area contributed by atoms with Crippen LogP contribution in [0, 0.1) is 13.8 Å². The Hall–Kier alpha value is -3.06. The van der Waals surface area contributed by atoms with Gasteiger partial charge in [0.25, 0.3) is 5.91 Å². The zero-order valence-corrected chi connectivity index (χ0v) is 18.7. The Morgan fingerprint density at radius 2 is 1.68 bits per heavy atom. The molecule has 166 valence electrons. The largest absolute Gasteiger partial charge is 0.493 e. The summed E-state index contributed by atoms with van der Waals surface area (Å²) in [6.45, 7) is 9.14. The highest BCUT2D eigenvalue weighted by Gasteiger charge is 2.24. The average Bonchev–Trinajstić information content (AvgIpc) is 2.76. The van der Waals surface area contributed by atoms with Crippen molar-refractivity contribution in [3.8, 4) is 11.5 Å². The number of hydrogen-bond acceptors (Lipinski definition) is 5. The molecule has 1 aliphatic heterocycles. The molecular formula is C24H31N3O4. The minimum atomic E-state index is -0.0387. The maximum Gasteiger partial charge on any atom is 0.254 e. The van der Waals surface area contributed by atoms with Gasteiger partial charge in [-0.3, -0.25) is 14.5 Å². The van der Waals surface area contributed by atoms with Crippen molar-refractivity contribution < 1.29 is 19.1 Å². The van der Waals surface area contributed by atoms with Crippen LogP contribution in [0.2, 0.25) is 0 Å². The molecule has 1 fully saturated rings. The van der Waals surface area contributed by atoms with E-state index >= 15 is 0 Å². The number of amides is 2. The molecule has 0 atom stereocenters. The number of para-hydroxylation sites is 1. The van der Waals surface area contributed by atoms with E-state index in [0.29, 0.717) is 56.4 Å². The van der Waals surface area contributed by atoms with Crippen LogP contribution in [-0.2, 0) is 4.79 Å². The summed E-state index contributed by atoms with van der Waals surface area (Å²) in [5.74, 6) is 1.10. The lowest BCUT2D eigenvalue weighted by Crippen LogP contribution is -2.50. The first-order valence-electron chi connectivity index (χ1n) is 10.6. The van der Waals surface area contributed by atoms with E-state index in [-0.39, 0.29) is 11.8 Å². The molecular weight excluding hydrogens is 394 g/mol. The van der Waals surface area contributed by atoms with E-state index in [1.807, 2.05) is 43.9 Å². The summed E-state index contributed by atoms with van der Waals surface area (Å²) in [6, 6.07) is 11.2. The van der Waals surface area contributed by atoms with Crippen LogP contribution in [0.15, 0.2) is 36.4 Å². The number of carbonyl (C=O) groups excluding carboxylic acids is 2. The van der Waals surface area contributed by atoms with Crippen molar-refractivity contribution in [2.75, 3.05) is 51.8 Å². The van der Waals surface area contributed by atoms with Gasteiger partial charge in [0.15, 0.2) is 11.5 Å². The number of nitrogens with one attached hydrogen (secondary N) is 1. The lowest BCUT2D eigenvalue weighted by Gasteiger charge is -2.34. The summed E-state index contributed by atoms with van der Waals surface area (Å²) >= 11 is 0. The Morgan fingerprint density at radius 1 is 1.00 bits per heavy atom. The molecule has 0 aliphatic carbocycles. The molecule has 1 N–H and O–H groups in total. The highest BCUT2D eigenvalue weighted by molar-refractivity contribution is 5.95. The number of carbonyl (C=O) groups is 2. The molecule has 7 nitrogen and oxygen atoms in total. The Bertz CT molecular complexity index is 916. The molecule has 0 saturated carbocycles. The second-order valence-corrected chi connectivity index (χ2v) is 7.68. The molecule has 0 bridgehead atoms. The zero-order chi connectivity index (χ0) is 22.4. The number of anilines is 1. The fourth-order valence-electron chi connectivity index (χ4n) is 3.76. The lowest BCUT2D eigenvalue weighted by molar-refractivity contribution is -0.117. The predicted molar refractivity (Wildman–Crippen MR) is 121 cm³/mol. The van der Waals surface area contributed by atoms with Crippen molar-refractivity contribution in [2.24, 2.45) is 0 Å². The molecule has 1 saturated heterocycles. The van der Waals surface area contributed by atoms with E-state index in [0.717, 1.165) is 16.8 Å². The molecule has 2 amide bonds. The van der Waals surface area contributed by atoms with Crippen molar-refractivity contribution in [3.63, 3.8) is 0 Å². The molecule has 2 aromatic carbocycles. The van der Waals surface area contributed by atoms with Gasteiger partial charge in [-0.1, -0.05) is 18.2 Å².